The third-order valence-corrected chi connectivity index (χ3v) is 3.96. The van der Waals surface area contributed by atoms with Crippen molar-refractivity contribution in [2.24, 2.45) is 0 Å². The van der Waals surface area contributed by atoms with Gasteiger partial charge in [-0.15, -0.1) is 0 Å². The van der Waals surface area contributed by atoms with Crippen LogP contribution >= 0.6 is 11.6 Å². The number of hydrogen-bond acceptors (Lipinski definition) is 3. The number of carbonyl (C=O) groups is 1. The molecule has 4 nitrogen and oxygen atoms in total. The molecule has 0 bridgehead atoms. The van der Waals surface area contributed by atoms with Gasteiger partial charge in [0.1, 0.15) is 0 Å². The Hall–Kier alpha value is -1.10. The molecule has 5 heteroatoms. The van der Waals surface area contributed by atoms with Gasteiger partial charge >= 0.3 is 0 Å². The fourth-order valence-corrected chi connectivity index (χ4v) is 2.47. The van der Waals surface area contributed by atoms with Crippen molar-refractivity contribution < 1.29 is 4.79 Å². The van der Waals surface area contributed by atoms with Gasteiger partial charge in [-0.2, -0.15) is 0 Å². The van der Waals surface area contributed by atoms with Crippen LogP contribution in [0.4, 0.5) is 0 Å². The highest BCUT2D eigenvalue weighted by Crippen LogP contribution is 2.15. The first-order valence-electron chi connectivity index (χ1n) is 6.94. The van der Waals surface area contributed by atoms with E-state index in [0.29, 0.717) is 18.1 Å². The summed E-state index contributed by atoms with van der Waals surface area (Å²) in [6.45, 7) is 8.06. The van der Waals surface area contributed by atoms with Crippen molar-refractivity contribution in [1.29, 1.82) is 0 Å². The van der Waals surface area contributed by atoms with E-state index in [1.54, 1.807) is 0 Å². The first-order chi connectivity index (χ1) is 9.47. The van der Waals surface area contributed by atoms with Gasteiger partial charge in [0.05, 0.1) is 6.54 Å². The number of nitrogens with one attached hydrogen (secondary N) is 2. The summed E-state index contributed by atoms with van der Waals surface area (Å²) in [6, 6.07) is 7.53. The lowest BCUT2D eigenvalue weighted by atomic mass is 10.0. The SMILES string of the molecule is CC1(C)CNCCN1CC(=O)NCc1ccc(Cl)cc1. The van der Waals surface area contributed by atoms with Crippen LogP contribution in [0.15, 0.2) is 24.3 Å². The van der Waals surface area contributed by atoms with Gasteiger partial charge in [0, 0.05) is 36.7 Å². The summed E-state index contributed by atoms with van der Waals surface area (Å²) >= 11 is 5.83. The maximum absolute atomic E-state index is 12.0. The lowest BCUT2D eigenvalue weighted by Gasteiger charge is -2.42. The van der Waals surface area contributed by atoms with Crippen LogP contribution in [0, 0.1) is 0 Å². The second-order valence-electron chi connectivity index (χ2n) is 5.81. The molecule has 0 atom stereocenters. The van der Waals surface area contributed by atoms with E-state index in [4.69, 9.17) is 11.6 Å². The second-order valence-corrected chi connectivity index (χ2v) is 6.25. The van der Waals surface area contributed by atoms with E-state index in [-0.39, 0.29) is 11.4 Å². The Labute approximate surface area is 125 Å². The fourth-order valence-electron chi connectivity index (χ4n) is 2.35. The molecule has 0 radical (unpaired) electrons. The summed E-state index contributed by atoms with van der Waals surface area (Å²) < 4.78 is 0. The van der Waals surface area contributed by atoms with Crippen LogP contribution in [0.2, 0.25) is 5.02 Å². The molecule has 110 valence electrons. The number of rotatable bonds is 4. The maximum Gasteiger partial charge on any atom is 0.234 e. The van der Waals surface area contributed by atoms with E-state index in [0.717, 1.165) is 25.2 Å². The number of piperazine rings is 1. The Morgan fingerprint density at radius 2 is 2.10 bits per heavy atom. The highest BCUT2D eigenvalue weighted by atomic mass is 35.5. The third-order valence-electron chi connectivity index (χ3n) is 3.71. The monoisotopic (exact) mass is 295 g/mol. The van der Waals surface area contributed by atoms with Crippen molar-refractivity contribution in [2.45, 2.75) is 25.9 Å². The number of amides is 1. The Kier molecular flexibility index (Phi) is 5.02. The molecule has 0 unspecified atom stereocenters. The van der Waals surface area contributed by atoms with Gasteiger partial charge in [0.2, 0.25) is 5.91 Å². The molecular formula is C15H22ClN3O. The Balaban J connectivity index is 1.81. The molecule has 20 heavy (non-hydrogen) atoms. The molecule has 0 spiro atoms. The quantitative estimate of drug-likeness (QED) is 0.888. The van der Waals surface area contributed by atoms with Gasteiger partial charge in [0.25, 0.3) is 0 Å². The minimum atomic E-state index is 0.0237. The topological polar surface area (TPSA) is 44.4 Å². The van der Waals surface area contributed by atoms with Crippen LogP contribution in [0.1, 0.15) is 19.4 Å². The van der Waals surface area contributed by atoms with Gasteiger partial charge in [-0.1, -0.05) is 23.7 Å². The van der Waals surface area contributed by atoms with Gasteiger partial charge in [0.15, 0.2) is 0 Å². The van der Waals surface area contributed by atoms with Crippen LogP contribution in [0.25, 0.3) is 0 Å². The maximum atomic E-state index is 12.0. The lowest BCUT2D eigenvalue weighted by Crippen LogP contribution is -2.59. The number of carbonyl (C=O) groups excluding carboxylic acids is 1. The molecule has 1 fully saturated rings. The van der Waals surface area contributed by atoms with E-state index in [1.165, 1.54) is 0 Å². The van der Waals surface area contributed by atoms with E-state index >= 15 is 0 Å². The number of benzene rings is 1. The van der Waals surface area contributed by atoms with Crippen molar-refractivity contribution in [1.82, 2.24) is 15.5 Å². The normalized spacial score (nSPS) is 18.8. The van der Waals surface area contributed by atoms with Crippen LogP contribution < -0.4 is 10.6 Å². The molecular weight excluding hydrogens is 274 g/mol. The molecule has 1 amide bonds. The predicted octanol–water partition coefficient (Wildman–Crippen LogP) is 1.64. The van der Waals surface area contributed by atoms with Gasteiger partial charge in [-0.3, -0.25) is 9.69 Å². The molecule has 0 aliphatic carbocycles. The first-order valence-corrected chi connectivity index (χ1v) is 7.32. The summed E-state index contributed by atoms with van der Waals surface area (Å²) in [5.74, 6) is 0.0647. The van der Waals surface area contributed by atoms with Crippen molar-refractivity contribution in [3.63, 3.8) is 0 Å². The standard InChI is InChI=1S/C15H22ClN3O/c1-15(2)11-17-7-8-19(15)10-14(20)18-9-12-3-5-13(16)6-4-12/h3-6,17H,7-11H2,1-2H3,(H,18,20). The molecule has 0 aromatic heterocycles. The van der Waals surface area contributed by atoms with Gasteiger partial charge in [-0.05, 0) is 31.5 Å². The highest BCUT2D eigenvalue weighted by molar-refractivity contribution is 6.30. The van der Waals surface area contributed by atoms with Crippen LogP contribution in [-0.4, -0.2) is 42.5 Å². The van der Waals surface area contributed by atoms with Crippen LogP contribution in [0.3, 0.4) is 0 Å². The zero-order chi connectivity index (χ0) is 14.6. The molecule has 1 aromatic carbocycles. The number of nitrogens with zero attached hydrogens (tertiary/aromatic N) is 1. The van der Waals surface area contributed by atoms with Crippen molar-refractivity contribution in [2.75, 3.05) is 26.2 Å². The van der Waals surface area contributed by atoms with Crippen molar-refractivity contribution in [3.05, 3.63) is 34.9 Å². The van der Waals surface area contributed by atoms with Crippen molar-refractivity contribution >= 4 is 17.5 Å². The lowest BCUT2D eigenvalue weighted by molar-refractivity contribution is -0.124. The Morgan fingerprint density at radius 1 is 1.40 bits per heavy atom. The molecule has 1 saturated heterocycles. The highest BCUT2D eigenvalue weighted by Gasteiger charge is 2.30. The van der Waals surface area contributed by atoms with Crippen LogP contribution in [-0.2, 0) is 11.3 Å². The predicted molar refractivity (Wildman–Crippen MR) is 81.8 cm³/mol. The molecule has 2 rings (SSSR count). The fraction of sp³-hybridized carbons (Fsp3) is 0.533. The molecule has 1 heterocycles. The van der Waals surface area contributed by atoms with Gasteiger partial charge < -0.3 is 10.6 Å². The van der Waals surface area contributed by atoms with E-state index < -0.39 is 0 Å². The number of hydrogen-bond donors (Lipinski definition) is 2. The minimum Gasteiger partial charge on any atom is -0.351 e. The zero-order valence-electron chi connectivity index (χ0n) is 12.1. The summed E-state index contributed by atoms with van der Waals surface area (Å²) in [5.41, 5.74) is 1.08. The van der Waals surface area contributed by atoms with E-state index in [2.05, 4.69) is 29.4 Å². The Morgan fingerprint density at radius 3 is 2.75 bits per heavy atom. The zero-order valence-corrected chi connectivity index (χ0v) is 12.8. The van der Waals surface area contributed by atoms with Crippen LogP contribution in [0.5, 0.6) is 0 Å². The van der Waals surface area contributed by atoms with E-state index in [1.807, 2.05) is 24.3 Å². The third kappa shape index (κ3) is 4.20. The molecule has 1 aliphatic rings. The molecule has 0 saturated carbocycles. The Bertz CT molecular complexity index is 459. The summed E-state index contributed by atoms with van der Waals surface area (Å²) in [4.78, 5) is 14.3. The largest absolute Gasteiger partial charge is 0.351 e. The van der Waals surface area contributed by atoms with Gasteiger partial charge in [-0.25, -0.2) is 0 Å². The average molecular weight is 296 g/mol. The first kappa shape index (κ1) is 15.3. The summed E-state index contributed by atoms with van der Waals surface area (Å²) in [5, 5.41) is 7.03. The minimum absolute atomic E-state index is 0.0237. The van der Waals surface area contributed by atoms with Crippen molar-refractivity contribution in [3.8, 4) is 0 Å². The second kappa shape index (κ2) is 6.57. The average Bonchev–Trinajstić information content (AvgIpc) is 2.40. The van der Waals surface area contributed by atoms with E-state index in [9.17, 15) is 4.79 Å². The summed E-state index contributed by atoms with van der Waals surface area (Å²) in [6.07, 6.45) is 0. The smallest absolute Gasteiger partial charge is 0.234 e. The molecule has 1 aromatic rings. The molecule has 2 N–H and O–H groups in total. The summed E-state index contributed by atoms with van der Waals surface area (Å²) in [7, 11) is 0. The number of halogens is 1. The molecule has 1 aliphatic heterocycles.